The van der Waals surface area contributed by atoms with Crippen molar-refractivity contribution in [2.45, 2.75) is 43.2 Å². The molecular weight excluding hydrogens is 511 g/mol. The zero-order valence-electron chi connectivity index (χ0n) is 21.6. The lowest BCUT2D eigenvalue weighted by Crippen LogP contribution is -2.42. The molecule has 1 aromatic heterocycles. The fourth-order valence-electron chi connectivity index (χ4n) is 5.14. The minimum atomic E-state index is -1.24. The van der Waals surface area contributed by atoms with Crippen molar-refractivity contribution in [1.29, 1.82) is 0 Å². The summed E-state index contributed by atoms with van der Waals surface area (Å²) in [6.07, 6.45) is 4.03. The van der Waals surface area contributed by atoms with Gasteiger partial charge in [0.15, 0.2) is 0 Å². The number of likely N-dealkylation sites (tertiary alicyclic amines) is 1. The molecule has 0 spiro atoms. The molecular formula is C29H36ClFN2O3S. The number of pyridine rings is 1. The van der Waals surface area contributed by atoms with Crippen LogP contribution in [0.1, 0.15) is 43.8 Å². The van der Waals surface area contributed by atoms with Gasteiger partial charge in [-0.25, -0.2) is 4.39 Å². The summed E-state index contributed by atoms with van der Waals surface area (Å²) in [6, 6.07) is 13.5. The first-order valence-electron chi connectivity index (χ1n) is 12.8. The molecule has 1 fully saturated rings. The molecule has 3 aromatic rings. The number of alkyl halides is 1. The van der Waals surface area contributed by atoms with E-state index in [0.29, 0.717) is 40.1 Å². The molecule has 8 heteroatoms. The summed E-state index contributed by atoms with van der Waals surface area (Å²) in [7, 11) is 3.29. The smallest absolute Gasteiger partial charge is 0.132 e. The zero-order valence-corrected chi connectivity index (χ0v) is 23.2. The number of fused-ring (bicyclic) bond motifs is 1. The second-order valence-electron chi connectivity index (χ2n) is 9.76. The Bertz CT molecular complexity index is 1170. The number of benzene rings is 2. The van der Waals surface area contributed by atoms with Gasteiger partial charge in [-0.15, -0.1) is 11.8 Å². The van der Waals surface area contributed by atoms with E-state index in [1.54, 1.807) is 20.3 Å². The van der Waals surface area contributed by atoms with Crippen molar-refractivity contribution in [3.8, 4) is 11.5 Å². The number of aliphatic hydroxyl groups is 1. The van der Waals surface area contributed by atoms with E-state index in [1.165, 1.54) is 11.1 Å². The van der Waals surface area contributed by atoms with Crippen LogP contribution in [0.2, 0.25) is 5.02 Å². The number of aliphatic hydroxyl groups excluding tert-OH is 1. The monoisotopic (exact) mass is 546 g/mol. The van der Waals surface area contributed by atoms with Gasteiger partial charge in [-0.05, 0) is 93.2 Å². The molecule has 4 rings (SSSR count). The molecule has 1 aliphatic rings. The van der Waals surface area contributed by atoms with Gasteiger partial charge in [-0.1, -0.05) is 23.7 Å². The zero-order chi connectivity index (χ0) is 26.3. The van der Waals surface area contributed by atoms with Crippen molar-refractivity contribution in [2.75, 3.05) is 46.2 Å². The average molecular weight is 547 g/mol. The summed E-state index contributed by atoms with van der Waals surface area (Å²) < 4.78 is 26.4. The van der Waals surface area contributed by atoms with Crippen molar-refractivity contribution in [3.05, 3.63) is 59.2 Å². The van der Waals surface area contributed by atoms with E-state index >= 15 is 4.39 Å². The van der Waals surface area contributed by atoms with E-state index in [-0.39, 0.29) is 12.0 Å². The normalized spacial score (nSPS) is 16.6. The number of thioether (sulfide) groups is 1. The molecule has 37 heavy (non-hydrogen) atoms. The lowest BCUT2D eigenvalue weighted by molar-refractivity contribution is 0.0304. The summed E-state index contributed by atoms with van der Waals surface area (Å²) in [4.78, 5) is 7.97. The van der Waals surface area contributed by atoms with Crippen molar-refractivity contribution in [3.63, 3.8) is 0 Å². The molecule has 0 radical (unpaired) electrons. The molecule has 200 valence electrons. The van der Waals surface area contributed by atoms with Gasteiger partial charge in [-0.3, -0.25) is 4.98 Å². The number of rotatable bonds is 12. The van der Waals surface area contributed by atoms with Crippen molar-refractivity contribution < 1.29 is 19.0 Å². The summed E-state index contributed by atoms with van der Waals surface area (Å²) in [5.41, 5.74) is 0.903. The van der Waals surface area contributed by atoms with Crippen LogP contribution >= 0.6 is 23.4 Å². The molecule has 0 amide bonds. The molecule has 0 saturated carbocycles. The molecule has 1 aliphatic heterocycles. The Balaban J connectivity index is 1.29. The molecule has 2 aromatic carbocycles. The number of hydrogen-bond acceptors (Lipinski definition) is 6. The summed E-state index contributed by atoms with van der Waals surface area (Å²) >= 11 is 8.23. The number of methoxy groups -OCH3 is 2. The second kappa shape index (κ2) is 13.1. The van der Waals surface area contributed by atoms with Gasteiger partial charge >= 0.3 is 0 Å². The van der Waals surface area contributed by atoms with Crippen LogP contribution in [-0.2, 0) is 0 Å². The number of aromatic nitrogens is 1. The Kier molecular flexibility index (Phi) is 9.93. The van der Waals surface area contributed by atoms with E-state index in [1.807, 2.05) is 42.1 Å². The Morgan fingerprint density at radius 3 is 2.68 bits per heavy atom. The topological polar surface area (TPSA) is 54.8 Å². The van der Waals surface area contributed by atoms with Crippen molar-refractivity contribution >= 4 is 34.3 Å². The minimum absolute atomic E-state index is 0.0792. The highest BCUT2D eigenvalue weighted by molar-refractivity contribution is 7.99. The fraction of sp³-hybridized carbons (Fsp3) is 0.483. The van der Waals surface area contributed by atoms with E-state index in [2.05, 4.69) is 16.0 Å². The van der Waals surface area contributed by atoms with E-state index in [9.17, 15) is 5.11 Å². The van der Waals surface area contributed by atoms with Gasteiger partial charge in [0.05, 0.1) is 24.8 Å². The Hall–Kier alpha value is -2.06. The number of piperidine rings is 1. The highest BCUT2D eigenvalue weighted by Crippen LogP contribution is 2.42. The van der Waals surface area contributed by atoms with Crippen molar-refractivity contribution in [2.24, 2.45) is 5.41 Å². The van der Waals surface area contributed by atoms with E-state index in [0.717, 1.165) is 50.4 Å². The van der Waals surface area contributed by atoms with Gasteiger partial charge in [0.1, 0.15) is 17.7 Å². The predicted molar refractivity (Wildman–Crippen MR) is 150 cm³/mol. The molecule has 0 unspecified atom stereocenters. The largest absolute Gasteiger partial charge is 0.497 e. The van der Waals surface area contributed by atoms with Crippen LogP contribution in [-0.4, -0.2) is 61.2 Å². The Morgan fingerprint density at radius 1 is 1.16 bits per heavy atom. The number of hydrogen-bond donors (Lipinski definition) is 1. The predicted octanol–water partition coefficient (Wildman–Crippen LogP) is 6.95. The minimum Gasteiger partial charge on any atom is -0.497 e. The number of para-hydroxylation sites is 1. The van der Waals surface area contributed by atoms with Crippen LogP contribution in [0.5, 0.6) is 11.5 Å². The van der Waals surface area contributed by atoms with Gasteiger partial charge in [0.2, 0.25) is 0 Å². The van der Waals surface area contributed by atoms with Crippen LogP contribution < -0.4 is 9.47 Å². The standard InChI is InChI=1S/C29H36ClFN2O3S/c1-35-21-8-9-25-22(18-21)28(23(30)19-32-25)24(31)10-11-29(20-34)12-15-33(16-13-29)14-5-17-37-27-7-4-3-6-26(27)36-2/h3-4,6-9,18-19,24,34H,5,10-17,20H2,1-2H3/t24-/m1/s1. The molecule has 0 bridgehead atoms. The quantitative estimate of drug-likeness (QED) is 0.196. The first-order valence-corrected chi connectivity index (χ1v) is 14.2. The van der Waals surface area contributed by atoms with Gasteiger partial charge < -0.3 is 19.5 Å². The van der Waals surface area contributed by atoms with E-state index in [4.69, 9.17) is 21.1 Å². The maximum atomic E-state index is 15.6. The fourth-order valence-corrected chi connectivity index (χ4v) is 6.37. The maximum Gasteiger partial charge on any atom is 0.132 e. The molecule has 1 atom stereocenters. The third-order valence-corrected chi connectivity index (χ3v) is 8.95. The van der Waals surface area contributed by atoms with Crippen LogP contribution in [0, 0.1) is 5.41 Å². The van der Waals surface area contributed by atoms with Crippen LogP contribution in [0.3, 0.4) is 0 Å². The van der Waals surface area contributed by atoms with Gasteiger partial charge in [-0.2, -0.15) is 0 Å². The SMILES string of the molecule is COc1ccc2ncc(Cl)c([C@H](F)CCC3(CO)CCN(CCCSc4ccccc4OC)CC3)c2c1. The van der Waals surface area contributed by atoms with Gasteiger partial charge in [0, 0.05) is 28.6 Å². The highest BCUT2D eigenvalue weighted by atomic mass is 35.5. The van der Waals surface area contributed by atoms with Crippen molar-refractivity contribution in [1.82, 2.24) is 9.88 Å². The molecule has 0 aliphatic carbocycles. The number of ether oxygens (including phenoxy) is 2. The summed E-state index contributed by atoms with van der Waals surface area (Å²) in [6.45, 7) is 2.95. The van der Waals surface area contributed by atoms with Crippen LogP contribution in [0.25, 0.3) is 10.9 Å². The lowest BCUT2D eigenvalue weighted by Gasteiger charge is -2.41. The molecule has 2 heterocycles. The first kappa shape index (κ1) is 28.0. The highest BCUT2D eigenvalue weighted by Gasteiger charge is 2.35. The summed E-state index contributed by atoms with van der Waals surface area (Å²) in [5, 5.41) is 11.3. The third-order valence-electron chi connectivity index (χ3n) is 7.51. The first-order chi connectivity index (χ1) is 18.0. The molecule has 1 N–H and O–H groups in total. The third kappa shape index (κ3) is 6.88. The Labute approximate surface area is 228 Å². The number of halogens is 2. The average Bonchev–Trinajstić information content (AvgIpc) is 2.94. The summed E-state index contributed by atoms with van der Waals surface area (Å²) in [5.74, 6) is 2.59. The van der Waals surface area contributed by atoms with Crippen LogP contribution in [0.15, 0.2) is 53.6 Å². The molecule has 5 nitrogen and oxygen atoms in total. The maximum absolute atomic E-state index is 15.6. The van der Waals surface area contributed by atoms with E-state index < -0.39 is 6.17 Å². The number of nitrogens with zero attached hydrogens (tertiary/aromatic N) is 2. The van der Waals surface area contributed by atoms with Gasteiger partial charge in [0.25, 0.3) is 0 Å². The second-order valence-corrected chi connectivity index (χ2v) is 11.3. The molecule has 1 saturated heterocycles. The lowest BCUT2D eigenvalue weighted by atomic mass is 9.74. The van der Waals surface area contributed by atoms with Crippen LogP contribution in [0.4, 0.5) is 4.39 Å². The Morgan fingerprint density at radius 2 is 1.95 bits per heavy atom.